The van der Waals surface area contributed by atoms with Gasteiger partial charge in [0.25, 0.3) is 0 Å². The standard InChI is InChI=1S/C17H36N2OSi/c1-17(2,3)21(5,6)20-15-11-9-10-14(18-4)16(15)19-12-7-8-13-19/h14-16,18H,7-13H2,1-6H3/t14-,15+,16+/m0/s1. The lowest BCUT2D eigenvalue weighted by Gasteiger charge is -2.48. The quantitative estimate of drug-likeness (QED) is 0.803. The SMILES string of the molecule is CN[C@H]1CCC[C@@H](O[Si](C)(C)C(C)(C)C)[C@@H]1N1CCCC1. The highest BCUT2D eigenvalue weighted by molar-refractivity contribution is 6.74. The molecule has 2 fully saturated rings. The molecule has 4 heteroatoms. The highest BCUT2D eigenvalue weighted by Crippen LogP contribution is 2.40. The maximum absolute atomic E-state index is 6.86. The van der Waals surface area contributed by atoms with Gasteiger partial charge in [-0.15, -0.1) is 0 Å². The van der Waals surface area contributed by atoms with Gasteiger partial charge in [-0.2, -0.15) is 0 Å². The average molecular weight is 313 g/mol. The molecule has 2 aliphatic rings. The van der Waals surface area contributed by atoms with Crippen LogP contribution in [0, 0.1) is 0 Å². The van der Waals surface area contributed by atoms with Crippen molar-refractivity contribution in [3.63, 3.8) is 0 Å². The molecule has 0 unspecified atom stereocenters. The van der Waals surface area contributed by atoms with Gasteiger partial charge in [-0.05, 0) is 70.4 Å². The summed E-state index contributed by atoms with van der Waals surface area (Å²) >= 11 is 0. The fraction of sp³-hybridized carbons (Fsp3) is 1.00. The van der Waals surface area contributed by atoms with Gasteiger partial charge >= 0.3 is 0 Å². The lowest BCUT2D eigenvalue weighted by Crippen LogP contribution is -2.60. The molecule has 21 heavy (non-hydrogen) atoms. The maximum atomic E-state index is 6.86. The maximum Gasteiger partial charge on any atom is 0.192 e. The lowest BCUT2D eigenvalue weighted by molar-refractivity contribution is 0.0201. The second-order valence-electron chi connectivity index (χ2n) is 8.48. The Kier molecular flexibility index (Phi) is 5.56. The molecule has 0 spiro atoms. The van der Waals surface area contributed by atoms with E-state index in [0.29, 0.717) is 23.2 Å². The Morgan fingerprint density at radius 2 is 1.67 bits per heavy atom. The van der Waals surface area contributed by atoms with Crippen LogP contribution in [-0.2, 0) is 4.43 Å². The lowest BCUT2D eigenvalue weighted by atomic mass is 9.87. The predicted octanol–water partition coefficient (Wildman–Crippen LogP) is 3.61. The summed E-state index contributed by atoms with van der Waals surface area (Å²) in [6, 6.07) is 1.19. The number of hydrogen-bond acceptors (Lipinski definition) is 3. The monoisotopic (exact) mass is 312 g/mol. The molecule has 0 radical (unpaired) electrons. The van der Waals surface area contributed by atoms with Gasteiger partial charge in [0, 0.05) is 12.1 Å². The summed E-state index contributed by atoms with van der Waals surface area (Å²) in [6.45, 7) is 14.4. The molecule has 0 aromatic heterocycles. The Bertz CT molecular complexity index is 332. The van der Waals surface area contributed by atoms with E-state index >= 15 is 0 Å². The first-order valence-electron chi connectivity index (χ1n) is 8.85. The van der Waals surface area contributed by atoms with Crippen LogP contribution in [0.5, 0.6) is 0 Å². The first-order chi connectivity index (χ1) is 9.76. The number of nitrogens with one attached hydrogen (secondary N) is 1. The highest BCUT2D eigenvalue weighted by atomic mass is 28.4. The van der Waals surface area contributed by atoms with E-state index in [2.05, 4.69) is 51.1 Å². The van der Waals surface area contributed by atoms with Crippen molar-refractivity contribution in [2.45, 2.75) is 89.2 Å². The molecule has 3 atom stereocenters. The molecule has 1 N–H and O–H groups in total. The molecular formula is C17H36N2OSi. The van der Waals surface area contributed by atoms with Crippen LogP contribution in [0.2, 0.25) is 18.1 Å². The van der Waals surface area contributed by atoms with Gasteiger partial charge in [-0.25, -0.2) is 0 Å². The number of hydrogen-bond donors (Lipinski definition) is 1. The van der Waals surface area contributed by atoms with E-state index in [1.807, 2.05) is 0 Å². The number of likely N-dealkylation sites (N-methyl/N-ethyl adjacent to an activating group) is 1. The molecule has 2 rings (SSSR count). The number of nitrogens with zero attached hydrogens (tertiary/aromatic N) is 1. The molecule has 0 amide bonds. The van der Waals surface area contributed by atoms with Crippen LogP contribution < -0.4 is 5.32 Å². The molecule has 1 saturated carbocycles. The molecule has 0 aromatic carbocycles. The summed E-state index contributed by atoms with van der Waals surface area (Å²) in [7, 11) is 0.446. The van der Waals surface area contributed by atoms with Crippen molar-refractivity contribution in [3.05, 3.63) is 0 Å². The summed E-state index contributed by atoms with van der Waals surface area (Å²) in [5, 5.41) is 3.88. The summed E-state index contributed by atoms with van der Waals surface area (Å²) in [5.74, 6) is 0. The van der Waals surface area contributed by atoms with Crippen LogP contribution in [0.15, 0.2) is 0 Å². The zero-order chi connectivity index (χ0) is 15.7. The van der Waals surface area contributed by atoms with Crippen LogP contribution in [0.1, 0.15) is 52.9 Å². The molecule has 124 valence electrons. The smallest absolute Gasteiger partial charge is 0.192 e. The Balaban J connectivity index is 2.14. The summed E-state index contributed by atoms with van der Waals surface area (Å²) in [5.41, 5.74) is 0. The molecular weight excluding hydrogens is 276 g/mol. The van der Waals surface area contributed by atoms with Crippen molar-refractivity contribution < 1.29 is 4.43 Å². The first-order valence-corrected chi connectivity index (χ1v) is 11.8. The fourth-order valence-electron chi connectivity index (χ4n) is 3.67. The van der Waals surface area contributed by atoms with Gasteiger partial charge in [-0.3, -0.25) is 4.90 Å². The minimum atomic E-state index is -1.68. The van der Waals surface area contributed by atoms with E-state index in [9.17, 15) is 0 Å². The Morgan fingerprint density at radius 3 is 2.19 bits per heavy atom. The van der Waals surface area contributed by atoms with Gasteiger partial charge in [0.05, 0.1) is 6.10 Å². The van der Waals surface area contributed by atoms with Crippen LogP contribution in [0.25, 0.3) is 0 Å². The molecule has 0 aromatic rings. The van der Waals surface area contributed by atoms with Crippen LogP contribution in [0.4, 0.5) is 0 Å². The van der Waals surface area contributed by atoms with E-state index in [4.69, 9.17) is 4.43 Å². The summed E-state index contributed by atoms with van der Waals surface area (Å²) < 4.78 is 6.86. The van der Waals surface area contributed by atoms with E-state index < -0.39 is 8.32 Å². The fourth-order valence-corrected chi connectivity index (χ4v) is 5.04. The molecule has 1 aliphatic carbocycles. The Hall–Kier alpha value is 0.0969. The van der Waals surface area contributed by atoms with Crippen molar-refractivity contribution in [2.24, 2.45) is 0 Å². The highest BCUT2D eigenvalue weighted by Gasteiger charge is 2.44. The van der Waals surface area contributed by atoms with Gasteiger partial charge in [0.15, 0.2) is 8.32 Å². The van der Waals surface area contributed by atoms with Gasteiger partial charge in [-0.1, -0.05) is 20.8 Å². The van der Waals surface area contributed by atoms with Gasteiger partial charge in [0.1, 0.15) is 0 Å². The van der Waals surface area contributed by atoms with Crippen LogP contribution in [-0.4, -0.2) is 51.5 Å². The van der Waals surface area contributed by atoms with Crippen molar-refractivity contribution in [3.8, 4) is 0 Å². The second kappa shape index (κ2) is 6.69. The van der Waals surface area contributed by atoms with E-state index in [-0.39, 0.29) is 0 Å². The number of rotatable bonds is 4. The normalized spacial score (nSPS) is 32.6. The molecule has 0 bridgehead atoms. The Labute approximate surface area is 132 Å². The topological polar surface area (TPSA) is 24.5 Å². The third-order valence-electron chi connectivity index (χ3n) is 5.98. The predicted molar refractivity (Wildman–Crippen MR) is 93.4 cm³/mol. The largest absolute Gasteiger partial charge is 0.412 e. The zero-order valence-corrected chi connectivity index (χ0v) is 16.0. The van der Waals surface area contributed by atoms with Crippen molar-refractivity contribution >= 4 is 8.32 Å². The van der Waals surface area contributed by atoms with Gasteiger partial charge in [0.2, 0.25) is 0 Å². The van der Waals surface area contributed by atoms with Crippen LogP contribution in [0.3, 0.4) is 0 Å². The third kappa shape index (κ3) is 3.90. The Morgan fingerprint density at radius 1 is 1.05 bits per heavy atom. The van der Waals surface area contributed by atoms with Crippen LogP contribution >= 0.6 is 0 Å². The first kappa shape index (κ1) is 17.5. The number of likely N-dealkylation sites (tertiary alicyclic amines) is 1. The summed E-state index contributed by atoms with van der Waals surface area (Å²) in [6.07, 6.45) is 6.99. The third-order valence-corrected chi connectivity index (χ3v) is 10.5. The van der Waals surface area contributed by atoms with E-state index in [0.717, 1.165) is 0 Å². The minimum absolute atomic E-state index is 0.301. The van der Waals surface area contributed by atoms with Crippen molar-refractivity contribution in [1.29, 1.82) is 0 Å². The molecule has 3 nitrogen and oxygen atoms in total. The second-order valence-corrected chi connectivity index (χ2v) is 13.2. The zero-order valence-electron chi connectivity index (χ0n) is 15.0. The minimum Gasteiger partial charge on any atom is -0.412 e. The van der Waals surface area contributed by atoms with Crippen molar-refractivity contribution in [2.75, 3.05) is 20.1 Å². The van der Waals surface area contributed by atoms with E-state index in [1.165, 1.54) is 45.2 Å². The summed E-state index contributed by atoms with van der Waals surface area (Å²) in [4.78, 5) is 2.71. The molecule has 1 heterocycles. The van der Waals surface area contributed by atoms with Crippen molar-refractivity contribution in [1.82, 2.24) is 10.2 Å². The van der Waals surface area contributed by atoms with Gasteiger partial charge < -0.3 is 9.74 Å². The molecule has 1 aliphatic heterocycles. The average Bonchev–Trinajstić information content (AvgIpc) is 2.90. The van der Waals surface area contributed by atoms with E-state index in [1.54, 1.807) is 0 Å². The molecule has 1 saturated heterocycles.